The van der Waals surface area contributed by atoms with E-state index in [0.29, 0.717) is 0 Å². The van der Waals surface area contributed by atoms with E-state index in [4.69, 9.17) is 9.47 Å². The Hall–Kier alpha value is -2.49. The molecular formula is C16H18N2O2. The first kappa shape index (κ1) is 13.9. The smallest absolute Gasteiger partial charge is 0.120 e. The van der Waals surface area contributed by atoms with Crippen molar-refractivity contribution in [2.24, 2.45) is 5.10 Å². The van der Waals surface area contributed by atoms with E-state index >= 15 is 0 Å². The first-order chi connectivity index (χ1) is 9.72. The van der Waals surface area contributed by atoms with Crippen LogP contribution in [0.5, 0.6) is 11.5 Å². The number of rotatable bonds is 5. The molecule has 0 aliphatic rings. The highest BCUT2D eigenvalue weighted by Crippen LogP contribution is 2.17. The van der Waals surface area contributed by atoms with Gasteiger partial charge < -0.3 is 9.47 Å². The Morgan fingerprint density at radius 1 is 0.950 bits per heavy atom. The molecule has 0 aliphatic carbocycles. The molecule has 0 atom stereocenters. The largest absolute Gasteiger partial charge is 0.497 e. The van der Waals surface area contributed by atoms with Crippen molar-refractivity contribution in [3.05, 3.63) is 54.1 Å². The molecule has 0 heterocycles. The number of hydrogen-bond acceptors (Lipinski definition) is 4. The van der Waals surface area contributed by atoms with Crippen LogP contribution < -0.4 is 14.9 Å². The van der Waals surface area contributed by atoms with Crippen molar-refractivity contribution < 1.29 is 9.47 Å². The fraction of sp³-hybridized carbons (Fsp3) is 0.188. The van der Waals surface area contributed by atoms with E-state index in [9.17, 15) is 0 Å². The molecule has 0 saturated carbocycles. The van der Waals surface area contributed by atoms with Gasteiger partial charge in [-0.3, -0.25) is 5.43 Å². The Kier molecular flexibility index (Phi) is 4.60. The van der Waals surface area contributed by atoms with Crippen LogP contribution in [0.4, 0.5) is 5.69 Å². The molecule has 0 aliphatic heterocycles. The predicted molar refractivity (Wildman–Crippen MR) is 81.8 cm³/mol. The number of benzene rings is 2. The number of ether oxygens (including phenoxy) is 2. The normalized spacial score (nSPS) is 11.1. The van der Waals surface area contributed by atoms with E-state index in [-0.39, 0.29) is 0 Å². The molecule has 1 N–H and O–H groups in total. The first-order valence-corrected chi connectivity index (χ1v) is 6.31. The maximum absolute atomic E-state index is 5.17. The Morgan fingerprint density at radius 2 is 1.65 bits per heavy atom. The lowest BCUT2D eigenvalue weighted by Crippen LogP contribution is -1.99. The molecule has 0 unspecified atom stereocenters. The van der Waals surface area contributed by atoms with Crippen LogP contribution in [0.25, 0.3) is 0 Å². The highest BCUT2D eigenvalue weighted by molar-refractivity contribution is 5.99. The number of methoxy groups -OCH3 is 2. The number of anilines is 1. The predicted octanol–water partition coefficient (Wildman–Crippen LogP) is 3.54. The Balaban J connectivity index is 2.09. The number of hydrazone groups is 1. The number of nitrogens with one attached hydrogen (secondary N) is 1. The second kappa shape index (κ2) is 6.61. The van der Waals surface area contributed by atoms with Gasteiger partial charge in [0.2, 0.25) is 0 Å². The Bertz CT molecular complexity index is 592. The van der Waals surface area contributed by atoms with E-state index in [0.717, 1.165) is 28.5 Å². The molecule has 2 aromatic carbocycles. The SMILES string of the molecule is COc1ccc(/C(C)=N/Nc2cccc(OC)c2)cc1. The third-order valence-corrected chi connectivity index (χ3v) is 2.93. The maximum atomic E-state index is 5.17. The molecule has 2 aromatic rings. The van der Waals surface area contributed by atoms with Gasteiger partial charge in [0.1, 0.15) is 11.5 Å². The third-order valence-electron chi connectivity index (χ3n) is 2.93. The summed E-state index contributed by atoms with van der Waals surface area (Å²) in [5.41, 5.74) is 5.85. The second-order valence-electron chi connectivity index (χ2n) is 4.27. The van der Waals surface area contributed by atoms with Crippen molar-refractivity contribution in [2.45, 2.75) is 6.92 Å². The van der Waals surface area contributed by atoms with Gasteiger partial charge in [-0.1, -0.05) is 6.07 Å². The molecule has 0 radical (unpaired) electrons. The van der Waals surface area contributed by atoms with Gasteiger partial charge in [0.05, 0.1) is 25.6 Å². The molecule has 4 nitrogen and oxygen atoms in total. The Morgan fingerprint density at radius 3 is 2.30 bits per heavy atom. The van der Waals surface area contributed by atoms with E-state index < -0.39 is 0 Å². The van der Waals surface area contributed by atoms with Crippen LogP contribution in [-0.4, -0.2) is 19.9 Å². The van der Waals surface area contributed by atoms with E-state index in [1.54, 1.807) is 14.2 Å². The summed E-state index contributed by atoms with van der Waals surface area (Å²) in [6.07, 6.45) is 0. The van der Waals surface area contributed by atoms with Crippen molar-refractivity contribution in [1.29, 1.82) is 0 Å². The van der Waals surface area contributed by atoms with Crippen LogP contribution in [-0.2, 0) is 0 Å². The molecule has 4 heteroatoms. The van der Waals surface area contributed by atoms with Crippen LogP contribution in [0.15, 0.2) is 53.6 Å². The van der Waals surface area contributed by atoms with Gasteiger partial charge in [-0.05, 0) is 48.9 Å². The lowest BCUT2D eigenvalue weighted by atomic mass is 10.1. The summed E-state index contributed by atoms with van der Waals surface area (Å²) in [5, 5.41) is 4.37. The molecule has 0 bridgehead atoms. The van der Waals surface area contributed by atoms with Crippen LogP contribution >= 0.6 is 0 Å². The zero-order valence-corrected chi connectivity index (χ0v) is 11.9. The number of nitrogens with zero attached hydrogens (tertiary/aromatic N) is 1. The zero-order chi connectivity index (χ0) is 14.4. The maximum Gasteiger partial charge on any atom is 0.120 e. The summed E-state index contributed by atoms with van der Waals surface area (Å²) in [4.78, 5) is 0. The average molecular weight is 270 g/mol. The van der Waals surface area contributed by atoms with Crippen molar-refractivity contribution in [3.8, 4) is 11.5 Å². The molecule has 0 aromatic heterocycles. The van der Waals surface area contributed by atoms with Gasteiger partial charge in [-0.2, -0.15) is 5.10 Å². The minimum atomic E-state index is 0.798. The molecule has 0 amide bonds. The third kappa shape index (κ3) is 3.51. The van der Waals surface area contributed by atoms with Crippen molar-refractivity contribution in [1.82, 2.24) is 0 Å². The minimum absolute atomic E-state index is 0.798. The van der Waals surface area contributed by atoms with E-state index in [2.05, 4.69) is 10.5 Å². The molecule has 20 heavy (non-hydrogen) atoms. The molecule has 0 saturated heterocycles. The van der Waals surface area contributed by atoms with Crippen LogP contribution in [0.2, 0.25) is 0 Å². The van der Waals surface area contributed by atoms with Gasteiger partial charge in [0.15, 0.2) is 0 Å². The summed E-state index contributed by atoms with van der Waals surface area (Å²) in [6.45, 7) is 1.95. The second-order valence-corrected chi connectivity index (χ2v) is 4.27. The van der Waals surface area contributed by atoms with Gasteiger partial charge in [0, 0.05) is 6.07 Å². The van der Waals surface area contributed by atoms with Crippen LogP contribution in [0, 0.1) is 0 Å². The molecule has 0 spiro atoms. The van der Waals surface area contributed by atoms with Crippen LogP contribution in [0.1, 0.15) is 12.5 Å². The Labute approximate surface area is 119 Å². The lowest BCUT2D eigenvalue weighted by molar-refractivity contribution is 0.414. The summed E-state index contributed by atoms with van der Waals surface area (Å²) in [7, 11) is 3.30. The zero-order valence-electron chi connectivity index (χ0n) is 11.9. The highest BCUT2D eigenvalue weighted by atomic mass is 16.5. The molecule has 104 valence electrons. The van der Waals surface area contributed by atoms with Gasteiger partial charge in [0.25, 0.3) is 0 Å². The highest BCUT2D eigenvalue weighted by Gasteiger charge is 1.99. The molecule has 2 rings (SSSR count). The minimum Gasteiger partial charge on any atom is -0.497 e. The molecular weight excluding hydrogens is 252 g/mol. The van der Waals surface area contributed by atoms with Gasteiger partial charge in [-0.15, -0.1) is 0 Å². The summed E-state index contributed by atoms with van der Waals surface area (Å²) in [5.74, 6) is 1.63. The quantitative estimate of drug-likeness (QED) is 0.667. The fourth-order valence-corrected chi connectivity index (χ4v) is 1.74. The van der Waals surface area contributed by atoms with Crippen molar-refractivity contribution in [3.63, 3.8) is 0 Å². The standard InChI is InChI=1S/C16H18N2O2/c1-12(13-7-9-15(19-2)10-8-13)17-18-14-5-4-6-16(11-14)20-3/h4-11,18H,1-3H3/b17-12+. The van der Waals surface area contributed by atoms with E-state index in [1.165, 1.54) is 0 Å². The van der Waals surface area contributed by atoms with Crippen LogP contribution in [0.3, 0.4) is 0 Å². The monoisotopic (exact) mass is 270 g/mol. The molecule has 0 fully saturated rings. The van der Waals surface area contributed by atoms with Crippen molar-refractivity contribution >= 4 is 11.4 Å². The summed E-state index contributed by atoms with van der Waals surface area (Å²) < 4.78 is 10.3. The lowest BCUT2D eigenvalue weighted by Gasteiger charge is -2.06. The first-order valence-electron chi connectivity index (χ1n) is 6.31. The number of hydrogen-bond donors (Lipinski definition) is 1. The fourth-order valence-electron chi connectivity index (χ4n) is 1.74. The summed E-state index contributed by atoms with van der Waals surface area (Å²) in [6, 6.07) is 15.4. The average Bonchev–Trinajstić information content (AvgIpc) is 2.53. The topological polar surface area (TPSA) is 42.8 Å². The van der Waals surface area contributed by atoms with E-state index in [1.807, 2.05) is 55.5 Å². The summed E-state index contributed by atoms with van der Waals surface area (Å²) >= 11 is 0. The van der Waals surface area contributed by atoms with Gasteiger partial charge >= 0.3 is 0 Å². The van der Waals surface area contributed by atoms with Crippen molar-refractivity contribution in [2.75, 3.05) is 19.6 Å². The van der Waals surface area contributed by atoms with Gasteiger partial charge in [-0.25, -0.2) is 0 Å².